The van der Waals surface area contributed by atoms with E-state index in [1.165, 1.54) is 0 Å². The first-order chi connectivity index (χ1) is 3.48. The fourth-order valence-corrected chi connectivity index (χ4v) is 0.172. The highest BCUT2D eigenvalue weighted by Crippen LogP contribution is 2.05. The molecule has 0 rings (SSSR count). The van der Waals surface area contributed by atoms with E-state index in [2.05, 4.69) is 5.84 Å². The van der Waals surface area contributed by atoms with Crippen LogP contribution in [0.5, 0.6) is 0 Å². The number of nitrogens with two attached hydrogens (primary N) is 1. The van der Waals surface area contributed by atoms with Crippen LogP contribution < -0.4 is 11.3 Å². The van der Waals surface area contributed by atoms with Gasteiger partial charge in [0.05, 0.1) is 0 Å². The van der Waals surface area contributed by atoms with E-state index in [0.29, 0.717) is 0 Å². The standard InChI is InChI=1S/C4H9FN2O/c1-4(2,5)3(8)7-6/h6H2,1-2H3,(H,7,8). The second kappa shape index (κ2) is 2.09. The van der Waals surface area contributed by atoms with Gasteiger partial charge >= 0.3 is 0 Å². The number of nitrogens with one attached hydrogen (secondary N) is 1. The molecule has 0 aliphatic carbocycles. The van der Waals surface area contributed by atoms with Crippen LogP contribution in [0.15, 0.2) is 0 Å². The van der Waals surface area contributed by atoms with E-state index in [1.54, 1.807) is 5.43 Å². The second-order valence-corrected chi connectivity index (χ2v) is 1.95. The lowest BCUT2D eigenvalue weighted by atomic mass is 10.2. The average molecular weight is 120 g/mol. The highest BCUT2D eigenvalue weighted by molar-refractivity contribution is 5.83. The Bertz CT molecular complexity index is 96.7. The SMILES string of the molecule is CC(C)(F)C(=O)NN. The minimum Gasteiger partial charge on any atom is -0.291 e. The number of alkyl halides is 1. The van der Waals surface area contributed by atoms with E-state index < -0.39 is 11.6 Å². The molecule has 48 valence electrons. The van der Waals surface area contributed by atoms with E-state index >= 15 is 0 Å². The maximum absolute atomic E-state index is 12.3. The Morgan fingerprint density at radius 3 is 2.12 bits per heavy atom. The van der Waals surface area contributed by atoms with Gasteiger partial charge in [-0.25, -0.2) is 10.2 Å². The molecule has 0 aliphatic heterocycles. The number of hydrogen-bond acceptors (Lipinski definition) is 2. The topological polar surface area (TPSA) is 55.1 Å². The minimum atomic E-state index is -1.87. The predicted molar refractivity (Wildman–Crippen MR) is 27.5 cm³/mol. The Balaban J connectivity index is 3.82. The van der Waals surface area contributed by atoms with Crippen LogP contribution in [0, 0.1) is 0 Å². The molecule has 0 spiro atoms. The second-order valence-electron chi connectivity index (χ2n) is 1.95. The van der Waals surface area contributed by atoms with Crippen molar-refractivity contribution in [3.8, 4) is 0 Å². The summed E-state index contributed by atoms with van der Waals surface area (Å²) in [6.45, 7) is 2.27. The number of carbonyl (C=O) groups is 1. The lowest BCUT2D eigenvalue weighted by Gasteiger charge is -2.09. The van der Waals surface area contributed by atoms with Gasteiger partial charge in [0.2, 0.25) is 0 Å². The zero-order chi connectivity index (χ0) is 6.78. The first-order valence-electron chi connectivity index (χ1n) is 2.18. The molecule has 0 radical (unpaired) electrons. The molecule has 0 saturated heterocycles. The van der Waals surface area contributed by atoms with Crippen molar-refractivity contribution in [2.24, 2.45) is 5.84 Å². The van der Waals surface area contributed by atoms with E-state index in [9.17, 15) is 9.18 Å². The average Bonchev–Trinajstić information content (AvgIpc) is 1.62. The van der Waals surface area contributed by atoms with Gasteiger partial charge < -0.3 is 0 Å². The number of carbonyl (C=O) groups excluding carboxylic acids is 1. The Kier molecular flexibility index (Phi) is 1.92. The number of rotatable bonds is 1. The van der Waals surface area contributed by atoms with Gasteiger partial charge in [-0.05, 0) is 13.8 Å². The van der Waals surface area contributed by atoms with Crippen LogP contribution in [0.25, 0.3) is 0 Å². The molecule has 0 unspecified atom stereocenters. The molecule has 3 N–H and O–H groups in total. The maximum atomic E-state index is 12.3. The lowest BCUT2D eigenvalue weighted by molar-refractivity contribution is -0.130. The summed E-state index contributed by atoms with van der Waals surface area (Å²) in [5, 5.41) is 0. The molecule has 0 fully saturated rings. The monoisotopic (exact) mass is 120 g/mol. The van der Waals surface area contributed by atoms with Crippen LogP contribution >= 0.6 is 0 Å². The van der Waals surface area contributed by atoms with Gasteiger partial charge in [-0.15, -0.1) is 0 Å². The molecule has 0 atom stereocenters. The first kappa shape index (κ1) is 7.36. The van der Waals surface area contributed by atoms with Gasteiger partial charge in [-0.1, -0.05) is 0 Å². The van der Waals surface area contributed by atoms with Gasteiger partial charge in [0.15, 0.2) is 5.67 Å². The van der Waals surface area contributed by atoms with Crippen LogP contribution in [0.3, 0.4) is 0 Å². The van der Waals surface area contributed by atoms with E-state index in [0.717, 1.165) is 13.8 Å². The third kappa shape index (κ3) is 1.88. The van der Waals surface area contributed by atoms with Gasteiger partial charge in [0.1, 0.15) is 0 Å². The first-order valence-corrected chi connectivity index (χ1v) is 2.18. The zero-order valence-electron chi connectivity index (χ0n) is 4.86. The van der Waals surface area contributed by atoms with Crippen molar-refractivity contribution >= 4 is 5.91 Å². The number of hydrogen-bond donors (Lipinski definition) is 2. The molecule has 0 heterocycles. The Hall–Kier alpha value is -0.640. The molecule has 8 heavy (non-hydrogen) atoms. The van der Waals surface area contributed by atoms with Crippen molar-refractivity contribution in [3.63, 3.8) is 0 Å². The van der Waals surface area contributed by atoms with Crippen molar-refractivity contribution in [2.45, 2.75) is 19.5 Å². The van der Waals surface area contributed by atoms with Crippen molar-refractivity contribution in [3.05, 3.63) is 0 Å². The van der Waals surface area contributed by atoms with E-state index in [-0.39, 0.29) is 0 Å². The summed E-state index contributed by atoms with van der Waals surface area (Å²) < 4.78 is 12.3. The molecule has 0 bridgehead atoms. The van der Waals surface area contributed by atoms with Gasteiger partial charge in [-0.2, -0.15) is 0 Å². The van der Waals surface area contributed by atoms with Gasteiger partial charge in [0.25, 0.3) is 5.91 Å². The summed E-state index contributed by atoms with van der Waals surface area (Å²) in [7, 11) is 0. The van der Waals surface area contributed by atoms with Gasteiger partial charge in [0, 0.05) is 0 Å². The minimum absolute atomic E-state index is 0.808. The van der Waals surface area contributed by atoms with E-state index in [1.807, 2.05) is 0 Å². The molecular formula is C4H9FN2O. The van der Waals surface area contributed by atoms with Crippen LogP contribution in [-0.4, -0.2) is 11.6 Å². The summed E-state index contributed by atoms with van der Waals surface area (Å²) in [4.78, 5) is 10.2. The van der Waals surface area contributed by atoms with Crippen LogP contribution in [0.1, 0.15) is 13.8 Å². The number of halogens is 1. The van der Waals surface area contributed by atoms with Crippen LogP contribution in [0.4, 0.5) is 4.39 Å². The Morgan fingerprint density at radius 1 is 1.75 bits per heavy atom. The van der Waals surface area contributed by atoms with E-state index in [4.69, 9.17) is 0 Å². The summed E-state index contributed by atoms with van der Waals surface area (Å²) in [6.07, 6.45) is 0. The molecule has 3 nitrogen and oxygen atoms in total. The number of hydrazine groups is 1. The van der Waals surface area contributed by atoms with Gasteiger partial charge in [-0.3, -0.25) is 10.2 Å². The largest absolute Gasteiger partial charge is 0.291 e. The highest BCUT2D eigenvalue weighted by Gasteiger charge is 2.24. The Labute approximate surface area is 47.0 Å². The van der Waals surface area contributed by atoms with Crippen molar-refractivity contribution in [1.82, 2.24) is 5.43 Å². The summed E-state index contributed by atoms with van der Waals surface area (Å²) >= 11 is 0. The molecular weight excluding hydrogens is 111 g/mol. The Morgan fingerprint density at radius 2 is 2.12 bits per heavy atom. The fraction of sp³-hybridized carbons (Fsp3) is 0.750. The maximum Gasteiger partial charge on any atom is 0.270 e. The molecule has 4 heteroatoms. The lowest BCUT2D eigenvalue weighted by Crippen LogP contribution is -2.42. The van der Waals surface area contributed by atoms with Crippen molar-refractivity contribution in [2.75, 3.05) is 0 Å². The van der Waals surface area contributed by atoms with Crippen molar-refractivity contribution < 1.29 is 9.18 Å². The highest BCUT2D eigenvalue weighted by atomic mass is 19.1. The molecule has 1 amide bonds. The van der Waals surface area contributed by atoms with Crippen LogP contribution in [0.2, 0.25) is 0 Å². The quantitative estimate of drug-likeness (QED) is 0.284. The van der Waals surface area contributed by atoms with Crippen molar-refractivity contribution in [1.29, 1.82) is 0 Å². The fourth-order valence-electron chi connectivity index (χ4n) is 0.172. The normalized spacial score (nSPS) is 11.0. The third-order valence-electron chi connectivity index (χ3n) is 0.671. The van der Waals surface area contributed by atoms with Crippen LogP contribution in [-0.2, 0) is 4.79 Å². The third-order valence-corrected chi connectivity index (χ3v) is 0.671. The molecule has 0 saturated carbocycles. The summed E-state index contributed by atoms with van der Waals surface area (Å²) in [5.41, 5.74) is -0.175. The molecule has 0 aromatic rings. The summed E-state index contributed by atoms with van der Waals surface area (Å²) in [5.74, 6) is 3.81. The predicted octanol–water partition coefficient (Wildman–Crippen LogP) is -0.276. The summed E-state index contributed by atoms with van der Waals surface area (Å²) in [6, 6.07) is 0. The zero-order valence-corrected chi connectivity index (χ0v) is 4.86. The molecule has 0 aliphatic rings. The number of amides is 1. The molecule has 0 aromatic carbocycles. The smallest absolute Gasteiger partial charge is 0.270 e. The molecule has 0 aromatic heterocycles.